The van der Waals surface area contributed by atoms with Crippen molar-refractivity contribution < 1.29 is 9.53 Å². The number of carbonyl (C=O) groups excluding carboxylic acids is 1. The fourth-order valence-electron chi connectivity index (χ4n) is 3.36. The van der Waals surface area contributed by atoms with E-state index >= 15 is 0 Å². The van der Waals surface area contributed by atoms with E-state index in [0.29, 0.717) is 27.5 Å². The van der Waals surface area contributed by atoms with Crippen molar-refractivity contribution in [2.24, 2.45) is 0 Å². The normalized spacial score (nSPS) is 10.8. The molecule has 1 heterocycles. The molecule has 4 rings (SSSR count). The van der Waals surface area contributed by atoms with E-state index in [4.69, 9.17) is 4.74 Å². The number of amides is 1. The average molecular weight is 446 g/mol. The third-order valence-electron chi connectivity index (χ3n) is 5.08. The molecule has 3 aromatic carbocycles. The fourth-order valence-corrected chi connectivity index (χ4v) is 4.17. The Labute approximate surface area is 190 Å². The summed E-state index contributed by atoms with van der Waals surface area (Å²) in [7, 11) is 1.59. The van der Waals surface area contributed by atoms with Gasteiger partial charge in [-0.1, -0.05) is 36.0 Å². The van der Waals surface area contributed by atoms with E-state index in [1.807, 2.05) is 44.2 Å². The highest BCUT2D eigenvalue weighted by Gasteiger charge is 2.15. The summed E-state index contributed by atoms with van der Waals surface area (Å²) in [6.45, 7) is 3.94. The molecule has 0 radical (unpaired) electrons. The maximum absolute atomic E-state index is 13.3. The molecule has 4 aromatic rings. The zero-order chi connectivity index (χ0) is 22.7. The van der Waals surface area contributed by atoms with Crippen LogP contribution in [0, 0.1) is 13.8 Å². The maximum Gasteiger partial charge on any atom is 0.266 e. The van der Waals surface area contributed by atoms with Crippen LogP contribution in [0.15, 0.2) is 76.7 Å². The highest BCUT2D eigenvalue weighted by atomic mass is 32.2. The number of hydrogen-bond acceptors (Lipinski definition) is 5. The van der Waals surface area contributed by atoms with Crippen LogP contribution < -0.4 is 15.6 Å². The summed E-state index contributed by atoms with van der Waals surface area (Å²) in [4.78, 5) is 30.6. The van der Waals surface area contributed by atoms with E-state index in [-0.39, 0.29) is 17.2 Å². The van der Waals surface area contributed by atoms with Crippen LogP contribution in [0.1, 0.15) is 11.1 Å². The minimum atomic E-state index is -0.182. The quantitative estimate of drug-likeness (QED) is 0.343. The number of hydrogen-bond donors (Lipinski definition) is 1. The summed E-state index contributed by atoms with van der Waals surface area (Å²) in [5, 5.41) is 3.93. The number of carbonyl (C=O) groups is 1. The maximum atomic E-state index is 13.3. The number of ether oxygens (including phenoxy) is 1. The molecule has 1 amide bonds. The predicted molar refractivity (Wildman–Crippen MR) is 129 cm³/mol. The second-order valence-electron chi connectivity index (χ2n) is 7.41. The Morgan fingerprint density at radius 2 is 1.81 bits per heavy atom. The number of thioether (sulfide) groups is 1. The van der Waals surface area contributed by atoms with Crippen molar-refractivity contribution >= 4 is 34.3 Å². The zero-order valence-corrected chi connectivity index (χ0v) is 18.9. The lowest BCUT2D eigenvalue weighted by molar-refractivity contribution is -0.113. The SMILES string of the molecule is COc1ccc(-n2c(SCC(=O)Nc3cc(C)ccc3C)nc3ccccc3c2=O)cc1. The number of rotatable bonds is 6. The largest absolute Gasteiger partial charge is 0.497 e. The van der Waals surface area contributed by atoms with Gasteiger partial charge in [0.2, 0.25) is 5.91 Å². The standard InChI is InChI=1S/C25H23N3O3S/c1-16-8-9-17(2)22(14-16)26-23(29)15-32-25-27-21-7-5-4-6-20(21)24(30)28(25)18-10-12-19(31-3)13-11-18/h4-14H,15H2,1-3H3,(H,26,29). The van der Waals surface area contributed by atoms with Crippen LogP contribution in [0.4, 0.5) is 5.69 Å². The number of para-hydroxylation sites is 1. The van der Waals surface area contributed by atoms with E-state index in [1.54, 1.807) is 43.5 Å². The number of nitrogens with one attached hydrogen (secondary N) is 1. The van der Waals surface area contributed by atoms with Gasteiger partial charge in [-0.05, 0) is 67.4 Å². The van der Waals surface area contributed by atoms with E-state index in [0.717, 1.165) is 16.8 Å². The monoisotopic (exact) mass is 445 g/mol. The Balaban J connectivity index is 1.67. The summed E-state index contributed by atoms with van der Waals surface area (Å²) in [5.41, 5.74) is 3.93. The van der Waals surface area contributed by atoms with Crippen molar-refractivity contribution in [3.05, 3.63) is 88.2 Å². The van der Waals surface area contributed by atoms with Crippen LogP contribution in [0.5, 0.6) is 5.75 Å². The lowest BCUT2D eigenvalue weighted by atomic mass is 10.1. The second kappa shape index (κ2) is 9.28. The van der Waals surface area contributed by atoms with Gasteiger partial charge in [0.25, 0.3) is 5.56 Å². The third kappa shape index (κ3) is 4.53. The predicted octanol–water partition coefficient (Wildman–Crippen LogP) is 4.74. The summed E-state index contributed by atoms with van der Waals surface area (Å²) in [6, 6.07) is 20.3. The first-order chi connectivity index (χ1) is 15.5. The topological polar surface area (TPSA) is 73.2 Å². The number of anilines is 1. The Hall–Kier alpha value is -3.58. The summed E-state index contributed by atoms with van der Waals surface area (Å²) >= 11 is 1.23. The van der Waals surface area contributed by atoms with Gasteiger partial charge in [-0.3, -0.25) is 14.2 Å². The molecular weight excluding hydrogens is 422 g/mol. The molecular formula is C25H23N3O3S. The van der Waals surface area contributed by atoms with Crippen molar-refractivity contribution in [2.45, 2.75) is 19.0 Å². The molecule has 32 heavy (non-hydrogen) atoms. The minimum absolute atomic E-state index is 0.119. The molecule has 0 fully saturated rings. The average Bonchev–Trinajstić information content (AvgIpc) is 2.80. The molecule has 0 aliphatic heterocycles. The zero-order valence-electron chi connectivity index (χ0n) is 18.1. The van der Waals surface area contributed by atoms with Crippen LogP contribution in [0.25, 0.3) is 16.6 Å². The number of aryl methyl sites for hydroxylation is 2. The van der Waals surface area contributed by atoms with Crippen LogP contribution in [0.2, 0.25) is 0 Å². The van der Waals surface area contributed by atoms with Crippen molar-refractivity contribution in [2.75, 3.05) is 18.2 Å². The first kappa shape index (κ1) is 21.6. The molecule has 0 unspecified atom stereocenters. The van der Waals surface area contributed by atoms with Gasteiger partial charge in [-0.2, -0.15) is 0 Å². The van der Waals surface area contributed by atoms with Crippen molar-refractivity contribution in [3.63, 3.8) is 0 Å². The molecule has 0 aliphatic carbocycles. The minimum Gasteiger partial charge on any atom is -0.497 e. The molecule has 1 N–H and O–H groups in total. The van der Waals surface area contributed by atoms with Crippen LogP contribution in [0.3, 0.4) is 0 Å². The summed E-state index contributed by atoms with van der Waals surface area (Å²) < 4.78 is 6.77. The number of nitrogens with zero attached hydrogens (tertiary/aromatic N) is 2. The Bertz CT molecular complexity index is 1350. The smallest absolute Gasteiger partial charge is 0.266 e. The molecule has 0 saturated carbocycles. The summed E-state index contributed by atoms with van der Waals surface area (Å²) in [6.07, 6.45) is 0. The van der Waals surface area contributed by atoms with E-state index in [9.17, 15) is 9.59 Å². The second-order valence-corrected chi connectivity index (χ2v) is 8.35. The molecule has 0 bridgehead atoms. The van der Waals surface area contributed by atoms with Gasteiger partial charge in [0, 0.05) is 5.69 Å². The number of aromatic nitrogens is 2. The van der Waals surface area contributed by atoms with Crippen molar-refractivity contribution in [1.29, 1.82) is 0 Å². The van der Waals surface area contributed by atoms with Crippen molar-refractivity contribution in [1.82, 2.24) is 9.55 Å². The van der Waals surface area contributed by atoms with Crippen molar-refractivity contribution in [3.8, 4) is 11.4 Å². The van der Waals surface area contributed by atoms with E-state index in [2.05, 4.69) is 10.3 Å². The first-order valence-corrected chi connectivity index (χ1v) is 11.1. The molecule has 0 saturated heterocycles. The lowest BCUT2D eigenvalue weighted by Crippen LogP contribution is -2.23. The van der Waals surface area contributed by atoms with Gasteiger partial charge < -0.3 is 10.1 Å². The van der Waals surface area contributed by atoms with E-state index in [1.165, 1.54) is 16.3 Å². The summed E-state index contributed by atoms with van der Waals surface area (Å²) in [5.74, 6) is 0.652. The van der Waals surface area contributed by atoms with Gasteiger partial charge >= 0.3 is 0 Å². The Morgan fingerprint density at radius 3 is 2.56 bits per heavy atom. The Kier molecular flexibility index (Phi) is 6.28. The fraction of sp³-hybridized carbons (Fsp3) is 0.160. The van der Waals surface area contributed by atoms with Gasteiger partial charge in [-0.15, -0.1) is 0 Å². The number of fused-ring (bicyclic) bond motifs is 1. The molecule has 0 aliphatic rings. The molecule has 162 valence electrons. The molecule has 7 heteroatoms. The van der Waals surface area contributed by atoms with E-state index < -0.39 is 0 Å². The number of methoxy groups -OCH3 is 1. The Morgan fingerprint density at radius 1 is 1.06 bits per heavy atom. The van der Waals surface area contributed by atoms with Crippen LogP contribution in [-0.4, -0.2) is 28.3 Å². The highest BCUT2D eigenvalue weighted by Crippen LogP contribution is 2.23. The van der Waals surface area contributed by atoms with Gasteiger partial charge in [0.05, 0.1) is 29.5 Å². The first-order valence-electron chi connectivity index (χ1n) is 10.1. The van der Waals surface area contributed by atoms with Crippen LogP contribution in [-0.2, 0) is 4.79 Å². The molecule has 6 nitrogen and oxygen atoms in total. The van der Waals surface area contributed by atoms with Crippen LogP contribution >= 0.6 is 11.8 Å². The highest BCUT2D eigenvalue weighted by molar-refractivity contribution is 7.99. The molecule has 0 atom stereocenters. The van der Waals surface area contributed by atoms with Gasteiger partial charge in [0.15, 0.2) is 5.16 Å². The third-order valence-corrected chi connectivity index (χ3v) is 6.01. The molecule has 1 aromatic heterocycles. The van der Waals surface area contributed by atoms with Gasteiger partial charge in [0.1, 0.15) is 5.75 Å². The van der Waals surface area contributed by atoms with Gasteiger partial charge in [-0.25, -0.2) is 4.98 Å². The lowest BCUT2D eigenvalue weighted by Gasteiger charge is -2.14. The molecule has 0 spiro atoms. The number of benzene rings is 3.